The third kappa shape index (κ3) is 2.39. The van der Waals surface area contributed by atoms with Crippen molar-refractivity contribution in [2.45, 2.75) is 17.3 Å². The van der Waals surface area contributed by atoms with Crippen LogP contribution in [0.4, 0.5) is 0 Å². The number of hydrogen-bond donors (Lipinski definition) is 1. The van der Waals surface area contributed by atoms with Crippen molar-refractivity contribution in [3.63, 3.8) is 0 Å². The number of rotatable bonds is 4. The third-order valence-electron chi connectivity index (χ3n) is 3.59. The first kappa shape index (κ1) is 14.3. The largest absolute Gasteiger partial charge is 0.477 e. The van der Waals surface area contributed by atoms with Crippen LogP contribution < -0.4 is 0 Å². The molecule has 1 fully saturated rings. The Labute approximate surface area is 125 Å². The van der Waals surface area contributed by atoms with Gasteiger partial charge in [-0.2, -0.15) is 0 Å². The first-order valence-corrected chi connectivity index (χ1v) is 7.64. The first-order valence-electron chi connectivity index (χ1n) is 6.41. The fourth-order valence-electron chi connectivity index (χ4n) is 2.58. The number of carbonyl (C=O) groups is 1. The lowest BCUT2D eigenvalue weighted by Gasteiger charge is -2.20. The van der Waals surface area contributed by atoms with E-state index in [0.717, 1.165) is 0 Å². The lowest BCUT2D eigenvalue weighted by molar-refractivity contribution is 0.0628. The van der Waals surface area contributed by atoms with E-state index in [1.165, 1.54) is 11.8 Å². The number of fused-ring (bicyclic) bond motifs is 1. The molecule has 0 amide bonds. The van der Waals surface area contributed by atoms with Gasteiger partial charge in [-0.25, -0.2) is 14.8 Å². The van der Waals surface area contributed by atoms with Gasteiger partial charge in [0.1, 0.15) is 17.4 Å². The lowest BCUT2D eigenvalue weighted by Crippen LogP contribution is -2.27. The van der Waals surface area contributed by atoms with Gasteiger partial charge in [-0.3, -0.25) is 0 Å². The van der Waals surface area contributed by atoms with Crippen molar-refractivity contribution in [2.24, 2.45) is 0 Å². The van der Waals surface area contributed by atoms with Crippen LogP contribution in [0.3, 0.4) is 0 Å². The molecular formula is C13H15N3O4S. The molecule has 1 saturated heterocycles. The molecule has 0 aliphatic carbocycles. The molecule has 1 aliphatic rings. The Morgan fingerprint density at radius 2 is 2.38 bits per heavy atom. The standard InChI is InChI=1S/C13H15N3O4S/c1-19-10-6-20-5-9(10)16-8(12(17)18)3-7-4-14-13(21-2)15-11(7)16/h3-4,9-10H,5-6H2,1-2H3,(H,17,18)/t9-,10-/m1/s1. The topological polar surface area (TPSA) is 86.5 Å². The van der Waals surface area contributed by atoms with Crippen molar-refractivity contribution in [1.29, 1.82) is 0 Å². The van der Waals surface area contributed by atoms with E-state index in [9.17, 15) is 9.90 Å². The van der Waals surface area contributed by atoms with Gasteiger partial charge in [-0.15, -0.1) is 0 Å². The predicted molar refractivity (Wildman–Crippen MR) is 76.9 cm³/mol. The molecule has 2 aromatic heterocycles. The van der Waals surface area contributed by atoms with Crippen LogP contribution in [-0.4, -0.2) is 58.3 Å². The van der Waals surface area contributed by atoms with Crippen molar-refractivity contribution >= 4 is 28.8 Å². The summed E-state index contributed by atoms with van der Waals surface area (Å²) in [6.45, 7) is 0.849. The maximum absolute atomic E-state index is 11.5. The highest BCUT2D eigenvalue weighted by molar-refractivity contribution is 7.98. The molecule has 8 heteroatoms. The molecule has 0 spiro atoms. The number of nitrogens with zero attached hydrogens (tertiary/aromatic N) is 3. The van der Waals surface area contributed by atoms with Crippen LogP contribution in [-0.2, 0) is 9.47 Å². The van der Waals surface area contributed by atoms with Gasteiger partial charge in [0.2, 0.25) is 0 Å². The summed E-state index contributed by atoms with van der Waals surface area (Å²) in [5.41, 5.74) is 0.777. The second kappa shape index (κ2) is 5.63. The van der Waals surface area contributed by atoms with Crippen LogP contribution in [0.5, 0.6) is 0 Å². The normalized spacial score (nSPS) is 22.0. The molecule has 3 heterocycles. The van der Waals surface area contributed by atoms with Gasteiger partial charge in [-0.1, -0.05) is 11.8 Å². The van der Waals surface area contributed by atoms with E-state index in [1.807, 2.05) is 6.26 Å². The molecule has 21 heavy (non-hydrogen) atoms. The zero-order valence-electron chi connectivity index (χ0n) is 11.6. The Kier molecular flexibility index (Phi) is 3.83. The number of carboxylic acids is 1. The maximum atomic E-state index is 11.5. The van der Waals surface area contributed by atoms with Crippen LogP contribution in [0.2, 0.25) is 0 Å². The van der Waals surface area contributed by atoms with Gasteiger partial charge in [0.05, 0.1) is 19.3 Å². The van der Waals surface area contributed by atoms with Gasteiger partial charge in [0, 0.05) is 18.7 Å². The molecule has 7 nitrogen and oxygen atoms in total. The number of methoxy groups -OCH3 is 1. The fourth-order valence-corrected chi connectivity index (χ4v) is 2.92. The first-order chi connectivity index (χ1) is 10.2. The number of carboxylic acid groups (broad SMARTS) is 1. The molecule has 0 unspecified atom stereocenters. The summed E-state index contributed by atoms with van der Waals surface area (Å²) in [6.07, 6.45) is 3.34. The minimum absolute atomic E-state index is 0.176. The highest BCUT2D eigenvalue weighted by atomic mass is 32.2. The highest BCUT2D eigenvalue weighted by Crippen LogP contribution is 2.30. The Morgan fingerprint density at radius 1 is 1.57 bits per heavy atom. The molecule has 2 aromatic rings. The lowest BCUT2D eigenvalue weighted by atomic mass is 10.2. The Balaban J connectivity index is 2.21. The molecule has 2 atom stereocenters. The van der Waals surface area contributed by atoms with E-state index in [0.29, 0.717) is 29.4 Å². The fraction of sp³-hybridized carbons (Fsp3) is 0.462. The highest BCUT2D eigenvalue weighted by Gasteiger charge is 2.34. The van der Waals surface area contributed by atoms with Gasteiger partial charge in [-0.05, 0) is 12.3 Å². The third-order valence-corrected chi connectivity index (χ3v) is 4.15. The average molecular weight is 309 g/mol. The molecule has 3 rings (SSSR count). The summed E-state index contributed by atoms with van der Waals surface area (Å²) in [4.78, 5) is 20.2. The van der Waals surface area contributed by atoms with Gasteiger partial charge < -0.3 is 19.1 Å². The van der Waals surface area contributed by atoms with Gasteiger partial charge in [0.15, 0.2) is 5.16 Å². The summed E-state index contributed by atoms with van der Waals surface area (Å²) in [5, 5.41) is 10.8. The van der Waals surface area contributed by atoms with E-state index in [-0.39, 0.29) is 17.8 Å². The second-order valence-electron chi connectivity index (χ2n) is 4.72. The van der Waals surface area contributed by atoms with E-state index in [2.05, 4.69) is 9.97 Å². The number of aromatic nitrogens is 3. The number of thioether (sulfide) groups is 1. The molecule has 0 bridgehead atoms. The maximum Gasteiger partial charge on any atom is 0.352 e. The van der Waals surface area contributed by atoms with Crippen LogP contribution in [0.15, 0.2) is 17.4 Å². The minimum Gasteiger partial charge on any atom is -0.477 e. The van der Waals surface area contributed by atoms with E-state index < -0.39 is 5.97 Å². The summed E-state index contributed by atoms with van der Waals surface area (Å²) in [7, 11) is 1.60. The molecule has 0 aromatic carbocycles. The SMILES string of the molecule is CO[C@@H]1COC[C@H]1n1c(C(=O)O)cc2cnc(SC)nc21. The van der Waals surface area contributed by atoms with Crippen LogP contribution in [0.25, 0.3) is 11.0 Å². The summed E-state index contributed by atoms with van der Waals surface area (Å²) in [5.74, 6) is -1.000. The summed E-state index contributed by atoms with van der Waals surface area (Å²) >= 11 is 1.41. The molecular weight excluding hydrogens is 294 g/mol. The quantitative estimate of drug-likeness (QED) is 0.675. The van der Waals surface area contributed by atoms with Crippen molar-refractivity contribution in [3.8, 4) is 0 Å². The second-order valence-corrected chi connectivity index (χ2v) is 5.49. The predicted octanol–water partition coefficient (Wildman–Crippen LogP) is 1.44. The average Bonchev–Trinajstić information content (AvgIpc) is 3.09. The summed E-state index contributed by atoms with van der Waals surface area (Å²) < 4.78 is 12.5. The van der Waals surface area contributed by atoms with Crippen molar-refractivity contribution < 1.29 is 19.4 Å². The Bertz CT molecular complexity index is 687. The van der Waals surface area contributed by atoms with Crippen molar-refractivity contribution in [3.05, 3.63) is 18.0 Å². The number of hydrogen-bond acceptors (Lipinski definition) is 6. The Hall–Kier alpha value is -1.64. The van der Waals surface area contributed by atoms with Crippen LogP contribution in [0, 0.1) is 0 Å². The zero-order valence-corrected chi connectivity index (χ0v) is 12.5. The minimum atomic E-state index is -1.000. The molecule has 1 N–H and O–H groups in total. The molecule has 0 radical (unpaired) electrons. The van der Waals surface area contributed by atoms with Gasteiger partial charge >= 0.3 is 5.97 Å². The summed E-state index contributed by atoms with van der Waals surface area (Å²) in [6, 6.07) is 1.38. The number of aromatic carboxylic acids is 1. The van der Waals surface area contributed by atoms with E-state index in [1.54, 1.807) is 23.9 Å². The Morgan fingerprint density at radius 3 is 3.05 bits per heavy atom. The van der Waals surface area contributed by atoms with E-state index >= 15 is 0 Å². The van der Waals surface area contributed by atoms with Crippen molar-refractivity contribution in [2.75, 3.05) is 26.6 Å². The van der Waals surface area contributed by atoms with E-state index in [4.69, 9.17) is 9.47 Å². The zero-order chi connectivity index (χ0) is 15.0. The van der Waals surface area contributed by atoms with Gasteiger partial charge in [0.25, 0.3) is 0 Å². The van der Waals surface area contributed by atoms with Crippen LogP contribution in [0.1, 0.15) is 16.5 Å². The van der Waals surface area contributed by atoms with Crippen LogP contribution >= 0.6 is 11.8 Å². The smallest absolute Gasteiger partial charge is 0.352 e. The monoisotopic (exact) mass is 309 g/mol. The molecule has 112 valence electrons. The number of ether oxygens (including phenoxy) is 2. The molecule has 1 aliphatic heterocycles. The van der Waals surface area contributed by atoms with Crippen molar-refractivity contribution in [1.82, 2.24) is 14.5 Å². The molecule has 0 saturated carbocycles.